The van der Waals surface area contributed by atoms with Crippen molar-refractivity contribution in [1.29, 1.82) is 0 Å². The Morgan fingerprint density at radius 2 is 2.05 bits per heavy atom. The molecule has 1 rings (SSSR count). The molecule has 1 aliphatic rings. The first-order valence-electron chi connectivity index (χ1n) is 8.16. The maximum Gasteiger partial charge on any atom is 0.326 e. The van der Waals surface area contributed by atoms with Gasteiger partial charge in [0.15, 0.2) is 0 Å². The lowest BCUT2D eigenvalue weighted by atomic mass is 9.79. The number of rotatable bonds is 6. The van der Waals surface area contributed by atoms with E-state index in [-0.39, 0.29) is 23.5 Å². The Hall–Kier alpha value is -0.610. The Morgan fingerprint density at radius 3 is 2.57 bits per heavy atom. The van der Waals surface area contributed by atoms with E-state index < -0.39 is 5.54 Å². The molecule has 4 nitrogen and oxygen atoms in total. The van der Waals surface area contributed by atoms with Crippen LogP contribution < -0.4 is 5.32 Å². The molecule has 0 bridgehead atoms. The van der Waals surface area contributed by atoms with Crippen LogP contribution in [0.3, 0.4) is 0 Å². The van der Waals surface area contributed by atoms with Crippen molar-refractivity contribution in [2.75, 3.05) is 13.7 Å². The standard InChI is InChI=1S/C17H33NO3/c1-13(2)18-17(15(19)20-6)9-7-8-14(12-17)21-11-10-16(3,4)5/h13-14,18H,7-12H2,1-6H3. The van der Waals surface area contributed by atoms with Gasteiger partial charge in [-0.3, -0.25) is 10.1 Å². The van der Waals surface area contributed by atoms with Gasteiger partial charge in [0.05, 0.1) is 13.2 Å². The zero-order chi connectivity index (χ0) is 16.1. The lowest BCUT2D eigenvalue weighted by molar-refractivity contribution is -0.153. The second-order valence-corrected chi connectivity index (χ2v) is 7.77. The first-order chi connectivity index (χ1) is 9.68. The molecule has 0 amide bonds. The van der Waals surface area contributed by atoms with E-state index in [1.165, 1.54) is 7.11 Å². The number of methoxy groups -OCH3 is 1. The predicted octanol–water partition coefficient (Wildman–Crippen LogP) is 3.29. The van der Waals surface area contributed by atoms with Crippen molar-refractivity contribution in [3.8, 4) is 0 Å². The SMILES string of the molecule is COC(=O)C1(NC(C)C)CCCC(OCCC(C)(C)C)C1. The zero-order valence-electron chi connectivity index (χ0n) is 14.6. The molecule has 0 spiro atoms. The fourth-order valence-corrected chi connectivity index (χ4v) is 3.02. The molecule has 124 valence electrons. The fraction of sp³-hybridized carbons (Fsp3) is 0.941. The van der Waals surface area contributed by atoms with Crippen LogP contribution in [0.5, 0.6) is 0 Å². The average molecular weight is 299 g/mol. The van der Waals surface area contributed by atoms with E-state index in [1.807, 2.05) is 0 Å². The summed E-state index contributed by atoms with van der Waals surface area (Å²) in [6, 6.07) is 0.248. The normalized spacial score (nSPS) is 26.9. The smallest absolute Gasteiger partial charge is 0.326 e. The maximum atomic E-state index is 12.3. The number of carbonyl (C=O) groups excluding carboxylic acids is 1. The third-order valence-electron chi connectivity index (χ3n) is 4.05. The van der Waals surface area contributed by atoms with Crippen molar-refractivity contribution < 1.29 is 14.3 Å². The highest BCUT2D eigenvalue weighted by Crippen LogP contribution is 2.32. The van der Waals surface area contributed by atoms with E-state index in [4.69, 9.17) is 9.47 Å². The maximum absolute atomic E-state index is 12.3. The van der Waals surface area contributed by atoms with Crippen LogP contribution >= 0.6 is 0 Å². The van der Waals surface area contributed by atoms with Gasteiger partial charge in [-0.05, 0) is 44.9 Å². The molecule has 1 saturated carbocycles. The molecule has 0 radical (unpaired) electrons. The third kappa shape index (κ3) is 5.95. The van der Waals surface area contributed by atoms with Gasteiger partial charge in [-0.1, -0.05) is 20.8 Å². The molecule has 0 aromatic carbocycles. The minimum Gasteiger partial charge on any atom is -0.468 e. The summed E-state index contributed by atoms with van der Waals surface area (Å²) < 4.78 is 11.1. The van der Waals surface area contributed by atoms with Crippen LogP contribution in [0.15, 0.2) is 0 Å². The summed E-state index contributed by atoms with van der Waals surface area (Å²) in [5.41, 5.74) is -0.294. The molecule has 2 atom stereocenters. The largest absolute Gasteiger partial charge is 0.468 e. The van der Waals surface area contributed by atoms with Crippen molar-refractivity contribution in [3.63, 3.8) is 0 Å². The van der Waals surface area contributed by atoms with E-state index in [0.29, 0.717) is 6.42 Å². The van der Waals surface area contributed by atoms with Gasteiger partial charge in [-0.2, -0.15) is 0 Å². The highest BCUT2D eigenvalue weighted by atomic mass is 16.5. The quantitative estimate of drug-likeness (QED) is 0.765. The van der Waals surface area contributed by atoms with E-state index in [2.05, 4.69) is 39.9 Å². The summed E-state index contributed by atoms with van der Waals surface area (Å²) in [5.74, 6) is -0.152. The second-order valence-electron chi connectivity index (χ2n) is 7.77. The van der Waals surface area contributed by atoms with E-state index in [1.54, 1.807) is 0 Å². The number of hydrogen-bond donors (Lipinski definition) is 1. The van der Waals surface area contributed by atoms with Crippen molar-refractivity contribution in [2.24, 2.45) is 5.41 Å². The molecule has 0 aromatic heterocycles. The molecular formula is C17H33NO3. The Kier molecular flexibility index (Phi) is 6.67. The van der Waals surface area contributed by atoms with Gasteiger partial charge in [0, 0.05) is 19.1 Å². The van der Waals surface area contributed by atoms with Gasteiger partial charge in [-0.15, -0.1) is 0 Å². The van der Waals surface area contributed by atoms with Crippen molar-refractivity contribution in [3.05, 3.63) is 0 Å². The van der Waals surface area contributed by atoms with Crippen LogP contribution in [-0.4, -0.2) is 37.4 Å². The van der Waals surface area contributed by atoms with Crippen LogP contribution in [0.25, 0.3) is 0 Å². The topological polar surface area (TPSA) is 47.6 Å². The van der Waals surface area contributed by atoms with Crippen LogP contribution in [0.2, 0.25) is 0 Å². The monoisotopic (exact) mass is 299 g/mol. The minimum absolute atomic E-state index is 0.145. The summed E-state index contributed by atoms with van der Waals surface area (Å²) in [7, 11) is 1.47. The van der Waals surface area contributed by atoms with E-state index in [9.17, 15) is 4.79 Å². The Morgan fingerprint density at radius 1 is 1.38 bits per heavy atom. The molecule has 0 aromatic rings. The van der Waals surface area contributed by atoms with Crippen LogP contribution in [0.1, 0.15) is 66.7 Å². The molecule has 2 unspecified atom stereocenters. The molecule has 1 fully saturated rings. The molecule has 1 aliphatic carbocycles. The number of hydrogen-bond acceptors (Lipinski definition) is 4. The summed E-state index contributed by atoms with van der Waals surface area (Å²) in [4.78, 5) is 12.3. The Labute approximate surface area is 130 Å². The average Bonchev–Trinajstić information content (AvgIpc) is 2.35. The van der Waals surface area contributed by atoms with E-state index >= 15 is 0 Å². The van der Waals surface area contributed by atoms with Crippen molar-refractivity contribution in [1.82, 2.24) is 5.32 Å². The number of nitrogens with one attached hydrogen (secondary N) is 1. The van der Waals surface area contributed by atoms with E-state index in [0.717, 1.165) is 32.3 Å². The summed E-state index contributed by atoms with van der Waals surface area (Å²) >= 11 is 0. The van der Waals surface area contributed by atoms with Gasteiger partial charge in [0.1, 0.15) is 5.54 Å². The Bertz CT molecular complexity index is 335. The first-order valence-corrected chi connectivity index (χ1v) is 8.16. The molecule has 21 heavy (non-hydrogen) atoms. The third-order valence-corrected chi connectivity index (χ3v) is 4.05. The molecule has 1 N–H and O–H groups in total. The van der Waals surface area contributed by atoms with Gasteiger partial charge < -0.3 is 9.47 Å². The fourth-order valence-electron chi connectivity index (χ4n) is 3.02. The Balaban J connectivity index is 2.63. The lowest BCUT2D eigenvalue weighted by Gasteiger charge is -2.40. The summed E-state index contributed by atoms with van der Waals surface area (Å²) in [6.07, 6.45) is 4.75. The van der Waals surface area contributed by atoms with Crippen LogP contribution in [0.4, 0.5) is 0 Å². The predicted molar refractivity (Wildman–Crippen MR) is 85.3 cm³/mol. The van der Waals surface area contributed by atoms with Gasteiger partial charge >= 0.3 is 5.97 Å². The number of ether oxygens (including phenoxy) is 2. The number of esters is 1. The van der Waals surface area contributed by atoms with Crippen LogP contribution in [-0.2, 0) is 14.3 Å². The zero-order valence-corrected chi connectivity index (χ0v) is 14.6. The highest BCUT2D eigenvalue weighted by Gasteiger charge is 2.44. The van der Waals surface area contributed by atoms with Crippen molar-refractivity contribution >= 4 is 5.97 Å². The van der Waals surface area contributed by atoms with Crippen LogP contribution in [0, 0.1) is 5.41 Å². The lowest BCUT2D eigenvalue weighted by Crippen LogP contribution is -2.58. The minimum atomic E-state index is -0.576. The molecule has 4 heteroatoms. The first kappa shape index (κ1) is 18.4. The summed E-state index contributed by atoms with van der Waals surface area (Å²) in [6.45, 7) is 11.5. The van der Waals surface area contributed by atoms with Gasteiger partial charge in [0.25, 0.3) is 0 Å². The second kappa shape index (κ2) is 7.59. The molecule has 0 saturated heterocycles. The van der Waals surface area contributed by atoms with Gasteiger partial charge in [-0.25, -0.2) is 0 Å². The van der Waals surface area contributed by atoms with Gasteiger partial charge in [0.2, 0.25) is 0 Å². The molecule has 0 aliphatic heterocycles. The number of carbonyl (C=O) groups is 1. The highest BCUT2D eigenvalue weighted by molar-refractivity contribution is 5.81. The molecular weight excluding hydrogens is 266 g/mol. The van der Waals surface area contributed by atoms with Crippen molar-refractivity contribution in [2.45, 2.75) is 84.4 Å². The molecule has 0 heterocycles. The summed E-state index contributed by atoms with van der Waals surface area (Å²) in [5, 5.41) is 3.43.